The van der Waals surface area contributed by atoms with Crippen molar-refractivity contribution in [3.8, 4) is 0 Å². The molecule has 1 N–H and O–H groups in total. The molecule has 6 heteroatoms. The van der Waals surface area contributed by atoms with E-state index in [1.807, 2.05) is 36.1 Å². The molecule has 1 unspecified atom stereocenters. The maximum absolute atomic E-state index is 12.5. The van der Waals surface area contributed by atoms with E-state index in [1.54, 1.807) is 11.3 Å². The van der Waals surface area contributed by atoms with Crippen molar-refractivity contribution < 1.29 is 4.79 Å². The molecule has 24 heavy (non-hydrogen) atoms. The van der Waals surface area contributed by atoms with Crippen molar-refractivity contribution in [2.45, 2.75) is 19.5 Å². The lowest BCUT2D eigenvalue weighted by molar-refractivity contribution is 0.134. The number of thiophene rings is 1. The fraction of sp³-hybridized carbons (Fsp3) is 0.389. The number of nitrogens with zero attached hydrogens (tertiary/aromatic N) is 2. The number of hydrogen-bond acceptors (Lipinski definition) is 3. The number of hydrogen-bond donors (Lipinski definition) is 1. The molecule has 1 aliphatic heterocycles. The molecule has 1 fully saturated rings. The van der Waals surface area contributed by atoms with Crippen LogP contribution in [0.3, 0.4) is 0 Å². The second-order valence-corrected chi connectivity index (χ2v) is 8.02. The van der Waals surface area contributed by atoms with Crippen molar-refractivity contribution >= 4 is 33.3 Å². The molecule has 1 aliphatic rings. The van der Waals surface area contributed by atoms with Crippen LogP contribution in [0.25, 0.3) is 0 Å². The van der Waals surface area contributed by atoms with Crippen LogP contribution in [0.1, 0.15) is 23.4 Å². The largest absolute Gasteiger partial charge is 0.331 e. The SMILES string of the molecule is CC(NC(=O)N1CCN(Cc2cccs2)CC1)c1cccc(Br)c1. The Morgan fingerprint density at radius 3 is 2.71 bits per heavy atom. The van der Waals surface area contributed by atoms with Gasteiger partial charge in [-0.2, -0.15) is 0 Å². The Balaban J connectivity index is 1.48. The number of rotatable bonds is 4. The van der Waals surface area contributed by atoms with Gasteiger partial charge in [0.25, 0.3) is 0 Å². The number of carbonyl (C=O) groups excluding carboxylic acids is 1. The monoisotopic (exact) mass is 407 g/mol. The van der Waals surface area contributed by atoms with Gasteiger partial charge >= 0.3 is 6.03 Å². The van der Waals surface area contributed by atoms with Gasteiger partial charge in [0.1, 0.15) is 0 Å². The van der Waals surface area contributed by atoms with Gasteiger partial charge in [0, 0.05) is 42.1 Å². The zero-order valence-electron chi connectivity index (χ0n) is 13.7. The molecule has 0 spiro atoms. The molecule has 0 bridgehead atoms. The lowest BCUT2D eigenvalue weighted by atomic mass is 10.1. The van der Waals surface area contributed by atoms with Crippen LogP contribution >= 0.6 is 27.3 Å². The second-order valence-electron chi connectivity index (χ2n) is 6.07. The van der Waals surface area contributed by atoms with Crippen molar-refractivity contribution in [2.75, 3.05) is 26.2 Å². The lowest BCUT2D eigenvalue weighted by Crippen LogP contribution is -2.51. The first kappa shape index (κ1) is 17.5. The smallest absolute Gasteiger partial charge is 0.317 e. The number of nitrogens with one attached hydrogen (secondary N) is 1. The number of carbonyl (C=O) groups is 1. The van der Waals surface area contributed by atoms with E-state index >= 15 is 0 Å². The highest BCUT2D eigenvalue weighted by Gasteiger charge is 2.22. The molecule has 2 aromatic rings. The molecular formula is C18H22BrN3OS. The summed E-state index contributed by atoms with van der Waals surface area (Å²) in [5.41, 5.74) is 1.11. The summed E-state index contributed by atoms with van der Waals surface area (Å²) in [6, 6.07) is 12.4. The van der Waals surface area contributed by atoms with Crippen molar-refractivity contribution in [3.05, 3.63) is 56.7 Å². The Labute approximate surface area is 155 Å². The van der Waals surface area contributed by atoms with E-state index in [2.05, 4.69) is 43.7 Å². The Bertz CT molecular complexity index is 669. The average Bonchev–Trinajstić information content (AvgIpc) is 3.08. The molecule has 128 valence electrons. The van der Waals surface area contributed by atoms with Gasteiger partial charge in [0.2, 0.25) is 0 Å². The molecule has 0 radical (unpaired) electrons. The molecule has 1 atom stereocenters. The first-order chi connectivity index (χ1) is 11.6. The third kappa shape index (κ3) is 4.59. The van der Waals surface area contributed by atoms with Gasteiger partial charge in [-0.3, -0.25) is 4.90 Å². The summed E-state index contributed by atoms with van der Waals surface area (Å²) in [4.78, 5) is 18.2. The van der Waals surface area contributed by atoms with Crippen LogP contribution in [-0.2, 0) is 6.54 Å². The van der Waals surface area contributed by atoms with Gasteiger partial charge in [-0.1, -0.05) is 34.1 Å². The zero-order valence-corrected chi connectivity index (χ0v) is 16.1. The maximum atomic E-state index is 12.5. The van der Waals surface area contributed by atoms with E-state index < -0.39 is 0 Å². The fourth-order valence-electron chi connectivity index (χ4n) is 2.87. The lowest BCUT2D eigenvalue weighted by Gasteiger charge is -2.35. The van der Waals surface area contributed by atoms with Gasteiger partial charge in [-0.05, 0) is 36.1 Å². The molecule has 1 aromatic heterocycles. The standard InChI is InChI=1S/C18H22BrN3OS/c1-14(15-4-2-5-16(19)12-15)20-18(23)22-9-7-21(8-10-22)13-17-6-3-11-24-17/h2-6,11-12,14H,7-10,13H2,1H3,(H,20,23). The molecule has 3 rings (SSSR count). The normalized spacial score (nSPS) is 16.8. The van der Waals surface area contributed by atoms with Crippen LogP contribution < -0.4 is 5.32 Å². The van der Waals surface area contributed by atoms with E-state index in [1.165, 1.54) is 4.88 Å². The highest BCUT2D eigenvalue weighted by molar-refractivity contribution is 9.10. The highest BCUT2D eigenvalue weighted by atomic mass is 79.9. The van der Waals surface area contributed by atoms with Crippen LogP contribution in [0.2, 0.25) is 0 Å². The first-order valence-electron chi connectivity index (χ1n) is 8.17. The fourth-order valence-corrected chi connectivity index (χ4v) is 4.03. The van der Waals surface area contributed by atoms with Gasteiger partial charge < -0.3 is 10.2 Å². The first-order valence-corrected chi connectivity index (χ1v) is 9.85. The van der Waals surface area contributed by atoms with Crippen LogP contribution in [0.4, 0.5) is 4.79 Å². The molecule has 0 saturated carbocycles. The molecule has 2 heterocycles. The van der Waals surface area contributed by atoms with Crippen LogP contribution in [0.15, 0.2) is 46.3 Å². The second kappa shape index (κ2) is 8.14. The minimum Gasteiger partial charge on any atom is -0.331 e. The van der Waals surface area contributed by atoms with E-state index in [0.29, 0.717) is 0 Å². The zero-order chi connectivity index (χ0) is 16.9. The molecule has 4 nitrogen and oxygen atoms in total. The average molecular weight is 408 g/mol. The Hall–Kier alpha value is -1.37. The molecule has 1 aromatic carbocycles. The van der Waals surface area contributed by atoms with Crippen LogP contribution in [-0.4, -0.2) is 42.0 Å². The third-order valence-electron chi connectivity index (χ3n) is 4.31. The number of urea groups is 1. The summed E-state index contributed by atoms with van der Waals surface area (Å²) in [5, 5.41) is 5.22. The van der Waals surface area contributed by atoms with E-state index in [-0.39, 0.29) is 12.1 Å². The number of halogens is 1. The topological polar surface area (TPSA) is 35.6 Å². The Morgan fingerprint density at radius 2 is 2.04 bits per heavy atom. The van der Waals surface area contributed by atoms with Crippen molar-refractivity contribution in [3.63, 3.8) is 0 Å². The van der Waals surface area contributed by atoms with Crippen molar-refractivity contribution in [2.24, 2.45) is 0 Å². The summed E-state index contributed by atoms with van der Waals surface area (Å²) in [7, 11) is 0. The minimum absolute atomic E-state index is 0.000789. The summed E-state index contributed by atoms with van der Waals surface area (Å²) >= 11 is 5.27. The molecule has 2 amide bonds. The summed E-state index contributed by atoms with van der Waals surface area (Å²) in [6.45, 7) is 6.42. The summed E-state index contributed by atoms with van der Waals surface area (Å²) in [6.07, 6.45) is 0. The van der Waals surface area contributed by atoms with E-state index in [4.69, 9.17) is 0 Å². The summed E-state index contributed by atoms with van der Waals surface area (Å²) < 4.78 is 1.03. The van der Waals surface area contributed by atoms with Crippen LogP contribution in [0.5, 0.6) is 0 Å². The van der Waals surface area contributed by atoms with Gasteiger partial charge in [-0.15, -0.1) is 11.3 Å². The molecule has 1 saturated heterocycles. The van der Waals surface area contributed by atoms with E-state index in [9.17, 15) is 4.79 Å². The predicted octanol–water partition coefficient (Wildman–Crippen LogP) is 4.10. The van der Waals surface area contributed by atoms with Gasteiger partial charge in [-0.25, -0.2) is 4.79 Å². The number of amides is 2. The predicted molar refractivity (Wildman–Crippen MR) is 102 cm³/mol. The van der Waals surface area contributed by atoms with Crippen molar-refractivity contribution in [1.29, 1.82) is 0 Å². The van der Waals surface area contributed by atoms with Gasteiger partial charge in [0.15, 0.2) is 0 Å². The molecule has 0 aliphatic carbocycles. The minimum atomic E-state index is -0.000789. The highest BCUT2D eigenvalue weighted by Crippen LogP contribution is 2.18. The Kier molecular flexibility index (Phi) is 5.92. The van der Waals surface area contributed by atoms with Crippen molar-refractivity contribution in [1.82, 2.24) is 15.1 Å². The third-order valence-corrected chi connectivity index (χ3v) is 5.66. The quantitative estimate of drug-likeness (QED) is 0.827. The molecular weight excluding hydrogens is 386 g/mol. The summed E-state index contributed by atoms with van der Waals surface area (Å²) in [5.74, 6) is 0. The Morgan fingerprint density at radius 1 is 1.25 bits per heavy atom. The van der Waals surface area contributed by atoms with Gasteiger partial charge in [0.05, 0.1) is 6.04 Å². The van der Waals surface area contributed by atoms with E-state index in [0.717, 1.165) is 42.8 Å². The maximum Gasteiger partial charge on any atom is 0.317 e. The van der Waals surface area contributed by atoms with Crippen LogP contribution in [0, 0.1) is 0 Å². The number of piperazine rings is 1. The number of benzene rings is 1.